The molecule has 1 nitrogen and oxygen atoms in total. The van der Waals surface area contributed by atoms with Crippen molar-refractivity contribution in [2.75, 3.05) is 12.8 Å². The Bertz CT molecular complexity index is 261. The van der Waals surface area contributed by atoms with Gasteiger partial charge in [0.1, 0.15) is 0 Å². The minimum atomic E-state index is -2.24. The summed E-state index contributed by atoms with van der Waals surface area (Å²) in [4.78, 5) is 0.894. The fourth-order valence-electron chi connectivity index (χ4n) is 1.07. The molecule has 0 heterocycles. The highest BCUT2D eigenvalue weighted by Crippen LogP contribution is 2.20. The van der Waals surface area contributed by atoms with Crippen LogP contribution in [0.4, 0.5) is 8.78 Å². The molecule has 0 atom stereocenters. The van der Waals surface area contributed by atoms with E-state index < -0.39 is 6.43 Å². The van der Waals surface area contributed by atoms with Crippen LogP contribution in [0.1, 0.15) is 5.56 Å². The van der Waals surface area contributed by atoms with Gasteiger partial charge in [-0.1, -0.05) is 12.1 Å². The van der Waals surface area contributed by atoms with Crippen LogP contribution in [-0.4, -0.2) is 19.2 Å². The van der Waals surface area contributed by atoms with Crippen LogP contribution in [0.2, 0.25) is 0 Å². The maximum Gasteiger partial charge on any atom is 0.247 e. The molecule has 0 bridgehead atoms. The van der Waals surface area contributed by atoms with Gasteiger partial charge in [-0.05, 0) is 24.7 Å². The molecule has 1 rings (SSSR count). The van der Waals surface area contributed by atoms with E-state index in [0.29, 0.717) is 0 Å². The lowest BCUT2D eigenvalue weighted by molar-refractivity contribution is 0.177. The van der Waals surface area contributed by atoms with Crippen LogP contribution in [0, 0.1) is 0 Å². The third-order valence-corrected chi connectivity index (χ3v) is 2.70. The number of alkyl halides is 2. The molecule has 0 aliphatic rings. The highest BCUT2D eigenvalue weighted by Gasteiger charge is 2.03. The van der Waals surface area contributed by atoms with Crippen molar-refractivity contribution in [3.63, 3.8) is 0 Å². The lowest BCUT2D eigenvalue weighted by atomic mass is 10.2. The Morgan fingerprint density at radius 2 is 1.93 bits per heavy atom. The minimum Gasteiger partial charge on any atom is -0.316 e. The van der Waals surface area contributed by atoms with Crippen molar-refractivity contribution in [3.05, 3.63) is 29.8 Å². The molecular formula is C10H13F2NS. The van der Waals surface area contributed by atoms with Gasteiger partial charge >= 0.3 is 0 Å². The SMILES string of the molecule is CNCc1ccc(SCC(F)F)cc1. The number of thioether (sulfide) groups is 1. The lowest BCUT2D eigenvalue weighted by Crippen LogP contribution is -2.04. The standard InChI is InChI=1S/C10H13F2NS/c1-13-6-8-2-4-9(5-3-8)14-7-10(11)12/h2-5,10,13H,6-7H2,1H3. The summed E-state index contributed by atoms with van der Waals surface area (Å²) in [6.07, 6.45) is -2.24. The zero-order valence-electron chi connectivity index (χ0n) is 7.97. The van der Waals surface area contributed by atoms with Gasteiger partial charge in [-0.15, -0.1) is 11.8 Å². The number of hydrogen-bond acceptors (Lipinski definition) is 2. The van der Waals surface area contributed by atoms with Crippen molar-refractivity contribution in [2.45, 2.75) is 17.9 Å². The van der Waals surface area contributed by atoms with Crippen molar-refractivity contribution in [1.29, 1.82) is 0 Å². The normalized spacial score (nSPS) is 10.9. The van der Waals surface area contributed by atoms with Crippen LogP contribution in [0.3, 0.4) is 0 Å². The first-order chi connectivity index (χ1) is 6.72. The number of benzene rings is 1. The van der Waals surface area contributed by atoms with Gasteiger partial charge in [0.2, 0.25) is 6.43 Å². The maximum absolute atomic E-state index is 11.9. The van der Waals surface area contributed by atoms with E-state index >= 15 is 0 Å². The summed E-state index contributed by atoms with van der Waals surface area (Å²) in [6, 6.07) is 7.65. The average molecular weight is 217 g/mol. The van der Waals surface area contributed by atoms with Gasteiger partial charge in [0, 0.05) is 11.4 Å². The van der Waals surface area contributed by atoms with E-state index in [4.69, 9.17) is 0 Å². The molecule has 1 aromatic rings. The Morgan fingerprint density at radius 1 is 1.29 bits per heavy atom. The third kappa shape index (κ3) is 4.07. The smallest absolute Gasteiger partial charge is 0.247 e. The molecule has 0 aromatic heterocycles. The van der Waals surface area contributed by atoms with Crippen molar-refractivity contribution in [3.8, 4) is 0 Å². The summed E-state index contributed by atoms with van der Waals surface area (Å²) >= 11 is 1.18. The first-order valence-corrected chi connectivity index (χ1v) is 5.35. The van der Waals surface area contributed by atoms with Gasteiger partial charge in [0.25, 0.3) is 0 Å². The predicted octanol–water partition coefficient (Wildman–Crippen LogP) is 2.76. The molecule has 0 aliphatic heterocycles. The van der Waals surface area contributed by atoms with E-state index in [1.165, 1.54) is 11.8 Å². The fourth-order valence-corrected chi connectivity index (χ4v) is 1.71. The maximum atomic E-state index is 11.9. The Labute approximate surface area is 86.9 Å². The molecule has 14 heavy (non-hydrogen) atoms. The molecule has 4 heteroatoms. The Kier molecular flexibility index (Phi) is 4.90. The Hall–Kier alpha value is -0.610. The summed E-state index contributed by atoms with van der Waals surface area (Å²) in [5.41, 5.74) is 1.16. The van der Waals surface area contributed by atoms with Gasteiger partial charge in [-0.2, -0.15) is 0 Å². The van der Waals surface area contributed by atoms with Crippen LogP contribution in [0.15, 0.2) is 29.2 Å². The van der Waals surface area contributed by atoms with E-state index in [1.807, 2.05) is 31.3 Å². The molecular weight excluding hydrogens is 204 g/mol. The average Bonchev–Trinajstić information content (AvgIpc) is 2.17. The van der Waals surface area contributed by atoms with Crippen LogP contribution in [-0.2, 0) is 6.54 Å². The van der Waals surface area contributed by atoms with Crippen molar-refractivity contribution < 1.29 is 8.78 Å². The Balaban J connectivity index is 2.46. The molecule has 0 spiro atoms. The van der Waals surface area contributed by atoms with Gasteiger partial charge < -0.3 is 5.32 Å². The number of halogens is 2. The van der Waals surface area contributed by atoms with Crippen molar-refractivity contribution >= 4 is 11.8 Å². The topological polar surface area (TPSA) is 12.0 Å². The molecule has 0 saturated carbocycles. The molecule has 0 fully saturated rings. The van der Waals surface area contributed by atoms with Crippen molar-refractivity contribution in [1.82, 2.24) is 5.32 Å². The quantitative estimate of drug-likeness (QED) is 0.761. The van der Waals surface area contributed by atoms with E-state index in [1.54, 1.807) is 0 Å². The second-order valence-electron chi connectivity index (χ2n) is 2.88. The lowest BCUT2D eigenvalue weighted by Gasteiger charge is -2.03. The van der Waals surface area contributed by atoms with Crippen LogP contribution in [0.5, 0.6) is 0 Å². The van der Waals surface area contributed by atoms with Crippen LogP contribution >= 0.6 is 11.8 Å². The monoisotopic (exact) mass is 217 g/mol. The summed E-state index contributed by atoms with van der Waals surface area (Å²) in [5, 5.41) is 3.03. The minimum absolute atomic E-state index is 0.134. The summed E-state index contributed by atoms with van der Waals surface area (Å²) in [5.74, 6) is -0.134. The number of nitrogens with one attached hydrogen (secondary N) is 1. The second kappa shape index (κ2) is 5.98. The molecule has 0 saturated heterocycles. The summed E-state index contributed by atoms with van der Waals surface area (Å²) < 4.78 is 23.8. The zero-order valence-corrected chi connectivity index (χ0v) is 8.78. The van der Waals surface area contributed by atoms with E-state index in [9.17, 15) is 8.78 Å². The highest BCUT2D eigenvalue weighted by molar-refractivity contribution is 7.99. The van der Waals surface area contributed by atoms with E-state index in [0.717, 1.165) is 17.0 Å². The molecule has 0 amide bonds. The van der Waals surface area contributed by atoms with E-state index in [2.05, 4.69) is 5.32 Å². The third-order valence-electron chi connectivity index (χ3n) is 1.68. The second-order valence-corrected chi connectivity index (χ2v) is 3.97. The Morgan fingerprint density at radius 3 is 2.43 bits per heavy atom. The van der Waals surface area contributed by atoms with Gasteiger partial charge in [0.15, 0.2) is 0 Å². The van der Waals surface area contributed by atoms with Crippen LogP contribution in [0.25, 0.3) is 0 Å². The largest absolute Gasteiger partial charge is 0.316 e. The van der Waals surface area contributed by atoms with Crippen molar-refractivity contribution in [2.24, 2.45) is 0 Å². The highest BCUT2D eigenvalue weighted by atomic mass is 32.2. The predicted molar refractivity (Wildman–Crippen MR) is 55.9 cm³/mol. The molecule has 0 aliphatic carbocycles. The molecule has 1 N–H and O–H groups in total. The molecule has 78 valence electrons. The first kappa shape index (κ1) is 11.5. The number of rotatable bonds is 5. The fraction of sp³-hybridized carbons (Fsp3) is 0.400. The summed E-state index contributed by atoms with van der Waals surface area (Å²) in [6.45, 7) is 0.805. The summed E-state index contributed by atoms with van der Waals surface area (Å²) in [7, 11) is 1.87. The molecule has 0 unspecified atom stereocenters. The van der Waals surface area contributed by atoms with Gasteiger partial charge in [0.05, 0.1) is 5.75 Å². The first-order valence-electron chi connectivity index (χ1n) is 4.37. The molecule has 1 aromatic carbocycles. The zero-order chi connectivity index (χ0) is 10.4. The van der Waals surface area contributed by atoms with Gasteiger partial charge in [-0.3, -0.25) is 0 Å². The number of hydrogen-bond donors (Lipinski definition) is 1. The molecule has 0 radical (unpaired) electrons. The van der Waals surface area contributed by atoms with Crippen LogP contribution < -0.4 is 5.32 Å². The van der Waals surface area contributed by atoms with Gasteiger partial charge in [-0.25, -0.2) is 8.78 Å². The van der Waals surface area contributed by atoms with E-state index in [-0.39, 0.29) is 5.75 Å².